The van der Waals surface area contributed by atoms with Crippen LogP contribution in [0, 0.1) is 26.2 Å². The Hall–Kier alpha value is -2.72. The summed E-state index contributed by atoms with van der Waals surface area (Å²) in [5, 5.41) is 18.7. The molecule has 3 N–H and O–H groups in total. The van der Waals surface area contributed by atoms with Crippen LogP contribution < -0.4 is 20.8 Å². The highest BCUT2D eigenvalue weighted by molar-refractivity contribution is 14.1. The Morgan fingerprint density at radius 1 is 1.29 bits per heavy atom. The molecule has 0 aliphatic rings. The van der Waals surface area contributed by atoms with Gasteiger partial charge in [0.2, 0.25) is 0 Å². The van der Waals surface area contributed by atoms with Gasteiger partial charge >= 0.3 is 0 Å². The van der Waals surface area contributed by atoms with E-state index in [9.17, 15) is 15.3 Å². The Kier molecular flexibility index (Phi) is 5.31. The number of hydrogen-bond donors (Lipinski definition) is 2. The molecule has 1 heterocycles. The van der Waals surface area contributed by atoms with Crippen molar-refractivity contribution in [2.45, 2.75) is 6.92 Å². The average molecular weight is 436 g/mol. The molecule has 1 aromatic heterocycles. The summed E-state index contributed by atoms with van der Waals surface area (Å²) in [4.78, 5) is 14.3. The first-order chi connectivity index (χ1) is 11.5. The van der Waals surface area contributed by atoms with Gasteiger partial charge in [-0.2, -0.15) is 10.5 Å². The molecule has 7 nitrogen and oxygen atoms in total. The summed E-state index contributed by atoms with van der Waals surface area (Å²) >= 11 is 2.06. The number of methoxy groups -OCH3 is 1. The molecule has 24 heavy (non-hydrogen) atoms. The van der Waals surface area contributed by atoms with E-state index in [1.54, 1.807) is 12.1 Å². The lowest BCUT2D eigenvalue weighted by molar-refractivity contribution is 0.309. The topological polar surface area (TPSA) is 125 Å². The van der Waals surface area contributed by atoms with Crippen molar-refractivity contribution in [3.63, 3.8) is 0 Å². The van der Waals surface area contributed by atoms with E-state index < -0.39 is 5.56 Å². The van der Waals surface area contributed by atoms with E-state index >= 15 is 0 Å². The first-order valence-corrected chi connectivity index (χ1v) is 7.92. The minimum atomic E-state index is -0.646. The van der Waals surface area contributed by atoms with Gasteiger partial charge in [0.05, 0.1) is 17.3 Å². The molecule has 1 aromatic carbocycles. The maximum Gasteiger partial charge on any atom is 0.268 e. The maximum atomic E-state index is 12.0. The number of nitrogens with one attached hydrogen (secondary N) is 1. The first-order valence-electron chi connectivity index (χ1n) is 6.85. The second-order valence-electron chi connectivity index (χ2n) is 4.64. The fraction of sp³-hybridized carbons (Fsp3) is 0.188. The van der Waals surface area contributed by atoms with Crippen LogP contribution in [0.5, 0.6) is 11.5 Å². The number of aromatic amines is 1. The van der Waals surface area contributed by atoms with Crippen molar-refractivity contribution in [2.24, 2.45) is 0 Å². The number of nitriles is 2. The summed E-state index contributed by atoms with van der Waals surface area (Å²) in [7, 11) is 1.49. The lowest BCUT2D eigenvalue weighted by Crippen LogP contribution is -2.16. The molecule has 0 atom stereocenters. The zero-order chi connectivity index (χ0) is 17.9. The van der Waals surface area contributed by atoms with Crippen LogP contribution >= 0.6 is 22.6 Å². The Labute approximate surface area is 151 Å². The number of halogens is 1. The Morgan fingerprint density at radius 3 is 2.50 bits per heavy atom. The van der Waals surface area contributed by atoms with Crippen molar-refractivity contribution >= 4 is 28.4 Å². The third-order valence-corrected chi connectivity index (χ3v) is 4.08. The fourth-order valence-electron chi connectivity index (χ4n) is 2.28. The van der Waals surface area contributed by atoms with Gasteiger partial charge in [-0.05, 0) is 47.2 Å². The molecule has 0 aliphatic heterocycles. The third kappa shape index (κ3) is 3.01. The molecular formula is C16H13IN4O3. The van der Waals surface area contributed by atoms with E-state index in [-0.39, 0.29) is 22.5 Å². The highest BCUT2D eigenvalue weighted by Crippen LogP contribution is 2.39. The number of nitrogen functional groups attached to an aromatic ring is 1. The number of ether oxygens (including phenoxy) is 2. The summed E-state index contributed by atoms with van der Waals surface area (Å²) in [5.41, 5.74) is 5.60. The number of hydrogen-bond acceptors (Lipinski definition) is 6. The van der Waals surface area contributed by atoms with Crippen molar-refractivity contribution in [1.29, 1.82) is 10.5 Å². The van der Waals surface area contributed by atoms with Crippen LogP contribution in [0.1, 0.15) is 18.1 Å². The Balaban J connectivity index is 2.88. The molecule has 0 amide bonds. The highest BCUT2D eigenvalue weighted by atomic mass is 127. The molecule has 0 spiro atoms. The van der Waals surface area contributed by atoms with E-state index in [1.165, 1.54) is 7.11 Å². The second kappa shape index (κ2) is 7.23. The van der Waals surface area contributed by atoms with Crippen LogP contribution in [0.3, 0.4) is 0 Å². The molecule has 0 saturated carbocycles. The second-order valence-corrected chi connectivity index (χ2v) is 5.80. The molecule has 0 bridgehead atoms. The van der Waals surface area contributed by atoms with Gasteiger partial charge in [-0.3, -0.25) is 4.79 Å². The van der Waals surface area contributed by atoms with E-state index in [2.05, 4.69) is 27.6 Å². The van der Waals surface area contributed by atoms with E-state index in [1.807, 2.05) is 19.1 Å². The molecular weight excluding hydrogens is 423 g/mol. The Morgan fingerprint density at radius 2 is 1.96 bits per heavy atom. The lowest BCUT2D eigenvalue weighted by atomic mass is 9.96. The number of pyridine rings is 1. The van der Waals surface area contributed by atoms with Crippen LogP contribution in [0.15, 0.2) is 16.9 Å². The van der Waals surface area contributed by atoms with Crippen LogP contribution in [0.25, 0.3) is 11.1 Å². The van der Waals surface area contributed by atoms with Gasteiger partial charge in [0, 0.05) is 5.56 Å². The highest BCUT2D eigenvalue weighted by Gasteiger charge is 2.21. The van der Waals surface area contributed by atoms with Crippen LogP contribution in [0.2, 0.25) is 0 Å². The fourth-order valence-corrected chi connectivity index (χ4v) is 3.04. The van der Waals surface area contributed by atoms with Gasteiger partial charge in [0.25, 0.3) is 5.56 Å². The summed E-state index contributed by atoms with van der Waals surface area (Å²) in [5.74, 6) is 0.906. The lowest BCUT2D eigenvalue weighted by Gasteiger charge is -2.15. The summed E-state index contributed by atoms with van der Waals surface area (Å²) in [6.45, 7) is 2.30. The van der Waals surface area contributed by atoms with Gasteiger partial charge in [0.15, 0.2) is 11.5 Å². The largest absolute Gasteiger partial charge is 0.493 e. The number of aromatic nitrogens is 1. The zero-order valence-corrected chi connectivity index (χ0v) is 15.1. The predicted octanol–water partition coefficient (Wildman–Crippen LogP) is 2.38. The standard InChI is InChI=1S/C16H13IN4O3/c1-3-24-14-11(17)4-8(5-12(14)23-2)13-9(6-18)15(20)21-16(22)10(13)7-19/h4-5H,3H2,1-2H3,(H3,20,21,22). The van der Waals surface area contributed by atoms with Gasteiger partial charge in [-0.25, -0.2) is 0 Å². The molecule has 0 radical (unpaired) electrons. The molecule has 122 valence electrons. The number of anilines is 1. The van der Waals surface area contributed by atoms with Crippen molar-refractivity contribution in [1.82, 2.24) is 4.98 Å². The SMILES string of the molecule is CCOc1c(I)cc(-c2c(C#N)c(N)[nH]c(=O)c2C#N)cc1OC. The monoisotopic (exact) mass is 436 g/mol. The molecule has 8 heteroatoms. The Bertz CT molecular complexity index is 938. The molecule has 0 unspecified atom stereocenters. The summed E-state index contributed by atoms with van der Waals surface area (Å²) < 4.78 is 11.6. The zero-order valence-electron chi connectivity index (χ0n) is 12.9. The van der Waals surface area contributed by atoms with Crippen LogP contribution in [-0.4, -0.2) is 18.7 Å². The van der Waals surface area contributed by atoms with Crippen molar-refractivity contribution in [3.05, 3.63) is 37.2 Å². The minimum Gasteiger partial charge on any atom is -0.493 e. The minimum absolute atomic E-state index is 0.0353. The first kappa shape index (κ1) is 17.6. The maximum absolute atomic E-state index is 12.0. The van der Waals surface area contributed by atoms with Crippen molar-refractivity contribution in [2.75, 3.05) is 19.5 Å². The molecule has 2 aromatic rings. The van der Waals surface area contributed by atoms with E-state index in [0.717, 1.165) is 3.57 Å². The third-order valence-electron chi connectivity index (χ3n) is 3.27. The van der Waals surface area contributed by atoms with Crippen LogP contribution in [-0.2, 0) is 0 Å². The molecule has 2 rings (SSSR count). The van der Waals surface area contributed by atoms with Gasteiger partial charge in [-0.1, -0.05) is 0 Å². The van der Waals surface area contributed by atoms with Gasteiger partial charge in [-0.15, -0.1) is 0 Å². The number of H-pyrrole nitrogens is 1. The van der Waals surface area contributed by atoms with Crippen molar-refractivity contribution < 1.29 is 9.47 Å². The van der Waals surface area contributed by atoms with E-state index in [4.69, 9.17) is 15.2 Å². The summed E-state index contributed by atoms with van der Waals surface area (Å²) in [6, 6.07) is 7.10. The number of nitrogens with zero attached hydrogens (tertiary/aromatic N) is 2. The molecule has 0 aliphatic carbocycles. The van der Waals surface area contributed by atoms with Crippen molar-refractivity contribution in [3.8, 4) is 34.8 Å². The van der Waals surface area contributed by atoms with Gasteiger partial charge < -0.3 is 20.2 Å². The molecule has 0 fully saturated rings. The normalized spacial score (nSPS) is 9.88. The predicted molar refractivity (Wildman–Crippen MR) is 96.8 cm³/mol. The van der Waals surface area contributed by atoms with Crippen LogP contribution in [0.4, 0.5) is 5.82 Å². The molecule has 0 saturated heterocycles. The summed E-state index contributed by atoms with van der Waals surface area (Å²) in [6.07, 6.45) is 0. The quantitative estimate of drug-likeness (QED) is 0.710. The number of nitrogens with two attached hydrogens (primary N) is 1. The number of rotatable bonds is 4. The number of benzene rings is 1. The smallest absolute Gasteiger partial charge is 0.268 e. The average Bonchev–Trinajstić information content (AvgIpc) is 2.56. The van der Waals surface area contributed by atoms with Gasteiger partial charge in [0.1, 0.15) is 29.1 Å². The van der Waals surface area contributed by atoms with E-state index in [0.29, 0.717) is 23.7 Å².